The predicted octanol–water partition coefficient (Wildman–Crippen LogP) is 1.57. The minimum atomic E-state index is -4.65. The zero-order chi connectivity index (χ0) is 17.4. The number of ether oxygens (including phenoxy) is 1. The van der Waals surface area contributed by atoms with Crippen molar-refractivity contribution in [3.05, 3.63) is 29.6 Å². The van der Waals surface area contributed by atoms with Crippen LogP contribution in [0, 0.1) is 17.7 Å². The lowest BCUT2D eigenvalue weighted by atomic mass is 9.95. The number of hydrogen-bond donors (Lipinski definition) is 1. The highest BCUT2D eigenvalue weighted by Gasteiger charge is 2.52. The second-order valence-corrected chi connectivity index (χ2v) is 5.22. The van der Waals surface area contributed by atoms with Gasteiger partial charge in [-0.15, -0.1) is 0 Å². The van der Waals surface area contributed by atoms with E-state index in [1.165, 1.54) is 19.2 Å². The summed E-state index contributed by atoms with van der Waals surface area (Å²) in [5.41, 5.74) is 4.86. The van der Waals surface area contributed by atoms with Gasteiger partial charge in [-0.1, -0.05) is 0 Å². The molecule has 1 aliphatic heterocycles. The fourth-order valence-corrected chi connectivity index (χ4v) is 2.57. The average Bonchev–Trinajstić information content (AvgIpc) is 2.92. The number of primary amides is 1. The molecule has 126 valence electrons. The summed E-state index contributed by atoms with van der Waals surface area (Å²) in [6.45, 7) is -1.14. The Morgan fingerprint density at radius 3 is 2.39 bits per heavy atom. The topological polar surface area (TPSA) is 72.6 Å². The first-order valence-electron chi connectivity index (χ1n) is 6.64. The minimum Gasteiger partial charge on any atom is -0.494 e. The van der Waals surface area contributed by atoms with Crippen molar-refractivity contribution < 1.29 is 31.9 Å². The number of benzene rings is 1. The maximum atomic E-state index is 13.6. The summed E-state index contributed by atoms with van der Waals surface area (Å²) in [4.78, 5) is 24.3. The zero-order valence-corrected chi connectivity index (χ0v) is 12.1. The van der Waals surface area contributed by atoms with Gasteiger partial charge in [0.1, 0.15) is 0 Å². The summed E-state index contributed by atoms with van der Waals surface area (Å²) in [6.07, 6.45) is -4.65. The lowest BCUT2D eigenvalue weighted by Gasteiger charge is -2.18. The molecule has 9 heteroatoms. The Labute approximate surface area is 129 Å². The molecule has 2 atom stereocenters. The van der Waals surface area contributed by atoms with E-state index >= 15 is 0 Å². The quantitative estimate of drug-likeness (QED) is 0.853. The van der Waals surface area contributed by atoms with E-state index in [9.17, 15) is 27.2 Å². The smallest absolute Gasteiger partial charge is 0.394 e. The fraction of sp³-hybridized carbons (Fsp3) is 0.429. The summed E-state index contributed by atoms with van der Waals surface area (Å²) in [6, 6.07) is 3.32. The third-order valence-corrected chi connectivity index (χ3v) is 3.79. The summed E-state index contributed by atoms with van der Waals surface area (Å²) < 4.78 is 57.2. The van der Waals surface area contributed by atoms with Crippen molar-refractivity contribution in [2.75, 3.05) is 20.2 Å². The molecule has 23 heavy (non-hydrogen) atoms. The van der Waals surface area contributed by atoms with Crippen LogP contribution >= 0.6 is 0 Å². The first kappa shape index (κ1) is 17.0. The average molecular weight is 334 g/mol. The molecular weight excluding hydrogens is 320 g/mol. The maximum Gasteiger partial charge on any atom is 0.394 e. The van der Waals surface area contributed by atoms with E-state index in [1.807, 2.05) is 0 Å². The second-order valence-electron chi connectivity index (χ2n) is 5.22. The fourth-order valence-electron chi connectivity index (χ4n) is 2.57. The van der Waals surface area contributed by atoms with E-state index in [4.69, 9.17) is 10.5 Å². The van der Waals surface area contributed by atoms with E-state index in [-0.39, 0.29) is 11.3 Å². The van der Waals surface area contributed by atoms with Gasteiger partial charge in [0, 0.05) is 18.7 Å². The van der Waals surface area contributed by atoms with Crippen molar-refractivity contribution in [2.45, 2.75) is 6.18 Å². The molecule has 0 aromatic heterocycles. The van der Waals surface area contributed by atoms with Crippen LogP contribution in [0.25, 0.3) is 0 Å². The Morgan fingerprint density at radius 1 is 1.30 bits per heavy atom. The van der Waals surface area contributed by atoms with E-state index in [1.54, 1.807) is 0 Å². The van der Waals surface area contributed by atoms with Crippen LogP contribution in [-0.2, 0) is 4.79 Å². The third kappa shape index (κ3) is 3.38. The number of halogens is 4. The summed E-state index contributed by atoms with van der Waals surface area (Å²) in [5.74, 6) is -6.36. The lowest BCUT2D eigenvalue weighted by Crippen LogP contribution is -2.37. The van der Waals surface area contributed by atoms with Gasteiger partial charge < -0.3 is 15.4 Å². The number of nitrogens with zero attached hydrogens (tertiary/aromatic N) is 1. The van der Waals surface area contributed by atoms with Crippen LogP contribution in [0.15, 0.2) is 18.2 Å². The molecule has 1 aromatic rings. The van der Waals surface area contributed by atoms with Crippen LogP contribution in [0.2, 0.25) is 0 Å². The van der Waals surface area contributed by atoms with Gasteiger partial charge in [-0.2, -0.15) is 13.2 Å². The number of rotatable bonds is 3. The number of likely N-dealkylation sites (tertiary alicyclic amines) is 1. The monoisotopic (exact) mass is 334 g/mol. The standard InChI is InChI=1S/C14H14F4N2O3/c1-23-11-3-2-7(4-10(11)15)13(22)20-5-8(12(19)21)9(6-20)14(16,17)18/h2-4,8-9H,5-6H2,1H3,(H2,19,21)/t8-,9-/m1/s1. The molecule has 2 amide bonds. The second kappa shape index (κ2) is 6.05. The van der Waals surface area contributed by atoms with E-state index in [2.05, 4.69) is 0 Å². The molecule has 2 N–H and O–H groups in total. The van der Waals surface area contributed by atoms with Crippen molar-refractivity contribution in [3.63, 3.8) is 0 Å². The Morgan fingerprint density at radius 2 is 1.96 bits per heavy atom. The highest BCUT2D eigenvalue weighted by molar-refractivity contribution is 5.95. The third-order valence-electron chi connectivity index (χ3n) is 3.79. The summed E-state index contributed by atoms with van der Waals surface area (Å²) in [5, 5.41) is 0. The number of carbonyl (C=O) groups is 2. The molecule has 5 nitrogen and oxygen atoms in total. The van der Waals surface area contributed by atoms with Gasteiger partial charge in [-0.25, -0.2) is 4.39 Å². The number of nitrogens with two attached hydrogens (primary N) is 1. The van der Waals surface area contributed by atoms with Gasteiger partial charge >= 0.3 is 6.18 Å². The van der Waals surface area contributed by atoms with Crippen LogP contribution in [-0.4, -0.2) is 43.1 Å². The number of hydrogen-bond acceptors (Lipinski definition) is 3. The molecule has 0 aliphatic carbocycles. The Bertz CT molecular complexity index is 633. The van der Waals surface area contributed by atoms with Crippen LogP contribution in [0.4, 0.5) is 17.6 Å². The zero-order valence-electron chi connectivity index (χ0n) is 12.1. The normalized spacial score (nSPS) is 21.3. The van der Waals surface area contributed by atoms with Gasteiger partial charge in [0.15, 0.2) is 11.6 Å². The van der Waals surface area contributed by atoms with Crippen LogP contribution in [0.3, 0.4) is 0 Å². The van der Waals surface area contributed by atoms with Crippen molar-refractivity contribution in [1.82, 2.24) is 4.90 Å². The van der Waals surface area contributed by atoms with Gasteiger partial charge in [-0.05, 0) is 18.2 Å². The number of amides is 2. The lowest BCUT2D eigenvalue weighted by molar-refractivity contribution is -0.182. The Balaban J connectivity index is 2.24. The maximum absolute atomic E-state index is 13.6. The van der Waals surface area contributed by atoms with Crippen molar-refractivity contribution in [2.24, 2.45) is 17.6 Å². The molecule has 0 spiro atoms. The Kier molecular flexibility index (Phi) is 4.49. The molecule has 1 saturated heterocycles. The number of carbonyl (C=O) groups excluding carboxylic acids is 2. The summed E-state index contributed by atoms with van der Waals surface area (Å²) >= 11 is 0. The molecule has 1 aromatic carbocycles. The highest BCUT2D eigenvalue weighted by atomic mass is 19.4. The molecule has 1 aliphatic rings. The molecule has 2 rings (SSSR count). The molecule has 0 saturated carbocycles. The molecule has 0 radical (unpaired) electrons. The first-order chi connectivity index (χ1) is 10.6. The molecule has 1 fully saturated rings. The van der Waals surface area contributed by atoms with Crippen LogP contribution in [0.1, 0.15) is 10.4 Å². The summed E-state index contributed by atoms with van der Waals surface area (Å²) in [7, 11) is 1.24. The van der Waals surface area contributed by atoms with Gasteiger partial charge in [0.25, 0.3) is 5.91 Å². The van der Waals surface area contributed by atoms with Crippen LogP contribution < -0.4 is 10.5 Å². The minimum absolute atomic E-state index is 0.0915. The van der Waals surface area contributed by atoms with E-state index < -0.39 is 48.7 Å². The van der Waals surface area contributed by atoms with Gasteiger partial charge in [-0.3, -0.25) is 9.59 Å². The SMILES string of the molecule is COc1ccc(C(=O)N2C[C@@H](C(F)(F)F)[C@H](C(N)=O)C2)cc1F. The molecular formula is C14H14F4N2O3. The molecule has 1 heterocycles. The van der Waals surface area contributed by atoms with E-state index in [0.717, 1.165) is 11.0 Å². The van der Waals surface area contributed by atoms with Crippen LogP contribution in [0.5, 0.6) is 5.75 Å². The first-order valence-corrected chi connectivity index (χ1v) is 6.64. The predicted molar refractivity (Wildman–Crippen MR) is 71.1 cm³/mol. The number of methoxy groups -OCH3 is 1. The number of alkyl halides is 3. The van der Waals surface area contributed by atoms with E-state index in [0.29, 0.717) is 0 Å². The Hall–Kier alpha value is -2.32. The van der Waals surface area contributed by atoms with Crippen molar-refractivity contribution >= 4 is 11.8 Å². The molecule has 0 unspecified atom stereocenters. The van der Waals surface area contributed by atoms with Crippen molar-refractivity contribution in [1.29, 1.82) is 0 Å². The van der Waals surface area contributed by atoms with Crippen molar-refractivity contribution in [3.8, 4) is 5.75 Å². The van der Waals surface area contributed by atoms with Gasteiger partial charge in [0.2, 0.25) is 5.91 Å². The largest absolute Gasteiger partial charge is 0.494 e. The van der Waals surface area contributed by atoms with Gasteiger partial charge in [0.05, 0.1) is 18.9 Å². The highest BCUT2D eigenvalue weighted by Crippen LogP contribution is 2.38. The molecule has 0 bridgehead atoms.